The number of rotatable bonds is 5. The van der Waals surface area contributed by atoms with Crippen LogP contribution in [0, 0.1) is 0 Å². The molecule has 0 radical (unpaired) electrons. The third-order valence-electron chi connectivity index (χ3n) is 3.38. The van der Waals surface area contributed by atoms with E-state index in [-0.39, 0.29) is 0 Å². The molecular formula is C14H25N3S2. The Kier molecular flexibility index (Phi) is 5.54. The van der Waals surface area contributed by atoms with Crippen LogP contribution in [-0.2, 0) is 6.54 Å². The molecule has 0 aromatic carbocycles. The fourth-order valence-corrected chi connectivity index (χ4v) is 4.16. The topological polar surface area (TPSA) is 28.2 Å². The van der Waals surface area contributed by atoms with Gasteiger partial charge in [-0.25, -0.2) is 4.98 Å². The first-order valence-corrected chi connectivity index (χ1v) is 8.95. The van der Waals surface area contributed by atoms with Gasteiger partial charge in [0.1, 0.15) is 0 Å². The van der Waals surface area contributed by atoms with Crippen LogP contribution in [0.2, 0.25) is 0 Å². The van der Waals surface area contributed by atoms with Crippen LogP contribution in [0.5, 0.6) is 0 Å². The lowest BCUT2D eigenvalue weighted by Gasteiger charge is -2.22. The minimum absolute atomic E-state index is 0.414. The zero-order valence-corrected chi connectivity index (χ0v) is 13.9. The van der Waals surface area contributed by atoms with Gasteiger partial charge in [-0.05, 0) is 19.4 Å². The molecule has 1 N–H and O–H groups in total. The normalized spacial score (nSPS) is 19.4. The molecule has 1 aromatic heterocycles. The average molecular weight is 300 g/mol. The highest BCUT2D eigenvalue weighted by molar-refractivity contribution is 8.00. The second-order valence-corrected chi connectivity index (χ2v) is 8.53. The second-order valence-electron chi connectivity index (χ2n) is 5.63. The van der Waals surface area contributed by atoms with Crippen LogP contribution >= 0.6 is 23.1 Å². The standard InChI is InChI=1S/C14H25N3S2/c1-4-6-15-10-12-11-16-13(19-12)17-7-5-14(2,3)18-9-8-17/h11,15H,4-10H2,1-3H3. The SMILES string of the molecule is CCCNCc1cnc(N2CCSC(C)(C)CC2)s1. The van der Waals surface area contributed by atoms with Crippen molar-refractivity contribution in [1.29, 1.82) is 0 Å². The molecule has 0 aliphatic carbocycles. The van der Waals surface area contributed by atoms with E-state index < -0.39 is 0 Å². The number of nitrogens with zero attached hydrogens (tertiary/aromatic N) is 2. The van der Waals surface area contributed by atoms with Crippen molar-refractivity contribution in [3.05, 3.63) is 11.1 Å². The van der Waals surface area contributed by atoms with Gasteiger partial charge in [-0.2, -0.15) is 11.8 Å². The number of aromatic nitrogens is 1. The van der Waals surface area contributed by atoms with Crippen LogP contribution in [0.1, 0.15) is 38.5 Å². The van der Waals surface area contributed by atoms with Gasteiger partial charge in [0.05, 0.1) is 0 Å². The highest BCUT2D eigenvalue weighted by Crippen LogP contribution is 2.33. The highest BCUT2D eigenvalue weighted by Gasteiger charge is 2.24. The van der Waals surface area contributed by atoms with Gasteiger partial charge in [-0.1, -0.05) is 20.8 Å². The molecule has 5 heteroatoms. The molecule has 0 unspecified atom stereocenters. The van der Waals surface area contributed by atoms with Crippen molar-refractivity contribution >= 4 is 28.2 Å². The van der Waals surface area contributed by atoms with Gasteiger partial charge in [0, 0.05) is 41.2 Å². The van der Waals surface area contributed by atoms with E-state index in [4.69, 9.17) is 0 Å². The van der Waals surface area contributed by atoms with Crippen molar-refractivity contribution in [2.45, 2.75) is 44.9 Å². The summed E-state index contributed by atoms with van der Waals surface area (Å²) in [5.74, 6) is 1.20. The maximum absolute atomic E-state index is 4.60. The Morgan fingerprint density at radius 1 is 1.42 bits per heavy atom. The van der Waals surface area contributed by atoms with Crippen LogP contribution in [0.15, 0.2) is 6.20 Å². The molecule has 1 aliphatic heterocycles. The van der Waals surface area contributed by atoms with E-state index in [1.807, 2.05) is 17.5 Å². The van der Waals surface area contributed by atoms with E-state index in [1.54, 1.807) is 0 Å². The Labute approximate surface area is 125 Å². The van der Waals surface area contributed by atoms with Gasteiger partial charge in [-0.3, -0.25) is 0 Å². The summed E-state index contributed by atoms with van der Waals surface area (Å²) >= 11 is 3.93. The molecule has 0 atom stereocenters. The lowest BCUT2D eigenvalue weighted by atomic mass is 10.1. The van der Waals surface area contributed by atoms with Gasteiger partial charge < -0.3 is 10.2 Å². The molecule has 1 aliphatic rings. The van der Waals surface area contributed by atoms with Crippen molar-refractivity contribution in [2.24, 2.45) is 0 Å². The van der Waals surface area contributed by atoms with Crippen molar-refractivity contribution in [3.63, 3.8) is 0 Å². The van der Waals surface area contributed by atoms with Gasteiger partial charge in [0.25, 0.3) is 0 Å². The summed E-state index contributed by atoms with van der Waals surface area (Å²) in [7, 11) is 0. The van der Waals surface area contributed by atoms with Crippen molar-refractivity contribution in [1.82, 2.24) is 10.3 Å². The maximum atomic E-state index is 4.60. The lowest BCUT2D eigenvalue weighted by molar-refractivity contribution is 0.637. The smallest absolute Gasteiger partial charge is 0.185 e. The largest absolute Gasteiger partial charge is 0.347 e. The van der Waals surface area contributed by atoms with Crippen molar-refractivity contribution < 1.29 is 0 Å². The molecule has 2 heterocycles. The first kappa shape index (κ1) is 15.1. The van der Waals surface area contributed by atoms with E-state index in [0.717, 1.165) is 26.2 Å². The first-order chi connectivity index (χ1) is 9.11. The van der Waals surface area contributed by atoms with Gasteiger partial charge in [0.15, 0.2) is 5.13 Å². The van der Waals surface area contributed by atoms with Gasteiger partial charge in [0.2, 0.25) is 0 Å². The monoisotopic (exact) mass is 299 g/mol. The van der Waals surface area contributed by atoms with Gasteiger partial charge >= 0.3 is 0 Å². The quantitative estimate of drug-likeness (QED) is 0.844. The maximum Gasteiger partial charge on any atom is 0.185 e. The number of anilines is 1. The predicted molar refractivity (Wildman–Crippen MR) is 87.5 cm³/mol. The van der Waals surface area contributed by atoms with Crippen LogP contribution in [-0.4, -0.2) is 35.1 Å². The molecule has 0 saturated carbocycles. The number of hydrogen-bond donors (Lipinski definition) is 1. The Balaban J connectivity index is 1.91. The number of hydrogen-bond acceptors (Lipinski definition) is 5. The fourth-order valence-electron chi connectivity index (χ4n) is 2.13. The van der Waals surface area contributed by atoms with E-state index in [0.29, 0.717) is 4.75 Å². The Morgan fingerprint density at radius 2 is 2.26 bits per heavy atom. The summed E-state index contributed by atoms with van der Waals surface area (Å²) in [4.78, 5) is 8.40. The number of thioether (sulfide) groups is 1. The molecule has 0 spiro atoms. The summed E-state index contributed by atoms with van der Waals surface area (Å²) in [5, 5.41) is 4.64. The third kappa shape index (κ3) is 4.65. The molecule has 2 rings (SSSR count). The molecular weight excluding hydrogens is 274 g/mol. The molecule has 3 nitrogen and oxygen atoms in total. The van der Waals surface area contributed by atoms with Crippen molar-refractivity contribution in [3.8, 4) is 0 Å². The summed E-state index contributed by atoms with van der Waals surface area (Å²) in [6.07, 6.45) is 4.45. The van der Waals surface area contributed by atoms with Gasteiger partial charge in [-0.15, -0.1) is 11.3 Å². The van der Waals surface area contributed by atoms with Crippen LogP contribution in [0.25, 0.3) is 0 Å². The average Bonchev–Trinajstić information content (AvgIpc) is 2.75. The molecule has 1 aromatic rings. The first-order valence-electron chi connectivity index (χ1n) is 7.15. The zero-order chi connectivity index (χ0) is 13.7. The third-order valence-corrected chi connectivity index (χ3v) is 5.81. The minimum atomic E-state index is 0.414. The zero-order valence-electron chi connectivity index (χ0n) is 12.2. The van der Waals surface area contributed by atoms with Crippen molar-refractivity contribution in [2.75, 3.05) is 30.3 Å². The van der Waals surface area contributed by atoms with E-state index in [9.17, 15) is 0 Å². The molecule has 0 bridgehead atoms. The Hall–Kier alpha value is -0.260. The van der Waals surface area contributed by atoms with E-state index in [2.05, 4.69) is 47.7 Å². The van der Waals surface area contributed by atoms with E-state index in [1.165, 1.54) is 28.6 Å². The van der Waals surface area contributed by atoms with Crippen LogP contribution in [0.4, 0.5) is 5.13 Å². The molecule has 0 amide bonds. The number of thiazole rings is 1. The minimum Gasteiger partial charge on any atom is -0.347 e. The molecule has 19 heavy (non-hydrogen) atoms. The lowest BCUT2D eigenvalue weighted by Crippen LogP contribution is -2.26. The summed E-state index contributed by atoms with van der Waals surface area (Å²) < 4.78 is 0.414. The summed E-state index contributed by atoms with van der Waals surface area (Å²) in [6.45, 7) is 11.2. The predicted octanol–water partition coefficient (Wildman–Crippen LogP) is 3.36. The Morgan fingerprint density at radius 3 is 3.05 bits per heavy atom. The fraction of sp³-hybridized carbons (Fsp3) is 0.786. The highest BCUT2D eigenvalue weighted by atomic mass is 32.2. The van der Waals surface area contributed by atoms with Crippen LogP contribution in [0.3, 0.4) is 0 Å². The van der Waals surface area contributed by atoms with E-state index >= 15 is 0 Å². The molecule has 1 fully saturated rings. The second kappa shape index (κ2) is 6.95. The number of nitrogens with one attached hydrogen (secondary N) is 1. The molecule has 1 saturated heterocycles. The van der Waals surface area contributed by atoms with Crippen LogP contribution < -0.4 is 10.2 Å². The molecule has 108 valence electrons. The summed E-state index contributed by atoms with van der Waals surface area (Å²) in [6, 6.07) is 0. The summed E-state index contributed by atoms with van der Waals surface area (Å²) in [5.41, 5.74) is 0. The Bertz CT molecular complexity index is 390.